The maximum atomic E-state index is 14.0. The van der Waals surface area contributed by atoms with Crippen molar-refractivity contribution in [1.29, 1.82) is 0 Å². The molecule has 2 heterocycles. The van der Waals surface area contributed by atoms with E-state index in [1.165, 1.54) is 24.3 Å². The molecule has 0 saturated carbocycles. The zero-order valence-corrected chi connectivity index (χ0v) is 14.2. The van der Waals surface area contributed by atoms with Gasteiger partial charge in [-0.2, -0.15) is 0 Å². The van der Waals surface area contributed by atoms with Crippen molar-refractivity contribution in [3.05, 3.63) is 65.0 Å². The Labute approximate surface area is 153 Å². The van der Waals surface area contributed by atoms with E-state index in [-0.39, 0.29) is 16.7 Å². The molecule has 0 spiro atoms. The lowest BCUT2D eigenvalue weighted by Crippen LogP contribution is -2.36. The Morgan fingerprint density at radius 1 is 1.00 bits per heavy atom. The van der Waals surface area contributed by atoms with Gasteiger partial charge in [-0.25, -0.2) is 9.18 Å². The fourth-order valence-corrected chi connectivity index (χ4v) is 3.08. The van der Waals surface area contributed by atoms with Gasteiger partial charge in [-0.3, -0.25) is 9.59 Å². The fourth-order valence-electron chi connectivity index (χ4n) is 3.08. The van der Waals surface area contributed by atoms with Crippen molar-refractivity contribution in [2.45, 2.75) is 0 Å². The maximum Gasteiger partial charge on any atom is 0.364 e. The first kappa shape index (κ1) is 17.2. The number of anilines is 1. The number of imide groups is 1. The molecule has 2 aromatic carbocycles. The largest absolute Gasteiger partial charge is 0.378 e. The van der Waals surface area contributed by atoms with Crippen molar-refractivity contribution in [1.82, 2.24) is 5.06 Å². The number of nitrogens with zero attached hydrogens (tertiary/aromatic N) is 2. The molecule has 0 bridgehead atoms. The van der Waals surface area contributed by atoms with Gasteiger partial charge >= 0.3 is 5.97 Å². The van der Waals surface area contributed by atoms with Gasteiger partial charge in [-0.05, 0) is 30.3 Å². The van der Waals surface area contributed by atoms with Crippen LogP contribution in [0.5, 0.6) is 0 Å². The molecule has 0 atom stereocenters. The predicted molar refractivity (Wildman–Crippen MR) is 91.8 cm³/mol. The van der Waals surface area contributed by atoms with Crippen molar-refractivity contribution in [3.63, 3.8) is 0 Å². The lowest BCUT2D eigenvalue weighted by Gasteiger charge is -2.29. The number of fused-ring (bicyclic) bond motifs is 1. The fraction of sp³-hybridized carbons (Fsp3) is 0.211. The van der Waals surface area contributed by atoms with E-state index >= 15 is 0 Å². The summed E-state index contributed by atoms with van der Waals surface area (Å²) in [4.78, 5) is 43.9. The Morgan fingerprint density at radius 2 is 1.63 bits per heavy atom. The number of halogens is 1. The number of benzene rings is 2. The molecule has 4 rings (SSSR count). The second kappa shape index (κ2) is 6.81. The lowest BCUT2D eigenvalue weighted by molar-refractivity contribution is -0.0584. The first-order valence-electron chi connectivity index (χ1n) is 8.38. The molecule has 1 saturated heterocycles. The molecule has 27 heavy (non-hydrogen) atoms. The van der Waals surface area contributed by atoms with E-state index in [1.807, 2.05) is 4.90 Å². The van der Waals surface area contributed by atoms with Gasteiger partial charge in [-0.15, -0.1) is 0 Å². The van der Waals surface area contributed by atoms with Crippen molar-refractivity contribution in [2.24, 2.45) is 0 Å². The normalized spacial score (nSPS) is 16.5. The Bertz CT molecular complexity index is 904. The van der Waals surface area contributed by atoms with Gasteiger partial charge in [-0.1, -0.05) is 17.2 Å². The summed E-state index contributed by atoms with van der Waals surface area (Å²) in [5.74, 6) is -3.06. The van der Waals surface area contributed by atoms with Gasteiger partial charge in [0.05, 0.1) is 29.9 Å². The molecule has 2 aliphatic heterocycles. The molecule has 2 aliphatic rings. The molecule has 8 heteroatoms. The highest BCUT2D eigenvalue weighted by Gasteiger charge is 2.38. The van der Waals surface area contributed by atoms with E-state index in [2.05, 4.69) is 0 Å². The number of rotatable bonds is 3. The van der Waals surface area contributed by atoms with Crippen LogP contribution in [0, 0.1) is 5.82 Å². The van der Waals surface area contributed by atoms with Crippen LogP contribution in [0.2, 0.25) is 0 Å². The summed E-state index contributed by atoms with van der Waals surface area (Å²) in [6.07, 6.45) is 0. The van der Waals surface area contributed by atoms with Crippen LogP contribution in [0.3, 0.4) is 0 Å². The van der Waals surface area contributed by atoms with Gasteiger partial charge in [0.15, 0.2) is 0 Å². The SMILES string of the molecule is O=C(ON1C(=O)c2ccccc2C1=O)c1cc(F)cc(N2CCOCC2)c1. The average Bonchev–Trinajstić information content (AvgIpc) is 2.93. The van der Waals surface area contributed by atoms with Crippen LogP contribution in [-0.4, -0.2) is 49.2 Å². The van der Waals surface area contributed by atoms with E-state index in [9.17, 15) is 18.8 Å². The molecule has 0 aromatic heterocycles. The third-order valence-corrected chi connectivity index (χ3v) is 4.43. The van der Waals surface area contributed by atoms with Gasteiger partial charge in [0.2, 0.25) is 0 Å². The molecule has 0 N–H and O–H groups in total. The summed E-state index contributed by atoms with van der Waals surface area (Å²) < 4.78 is 19.3. The van der Waals surface area contributed by atoms with Crippen LogP contribution in [0.4, 0.5) is 10.1 Å². The first-order valence-corrected chi connectivity index (χ1v) is 8.38. The number of carbonyl (C=O) groups excluding carboxylic acids is 3. The molecule has 7 nitrogen and oxygen atoms in total. The number of ether oxygens (including phenoxy) is 1. The van der Waals surface area contributed by atoms with Crippen LogP contribution in [-0.2, 0) is 9.57 Å². The molecule has 2 aromatic rings. The van der Waals surface area contributed by atoms with E-state index < -0.39 is 23.6 Å². The smallest absolute Gasteiger partial charge is 0.364 e. The zero-order valence-electron chi connectivity index (χ0n) is 14.2. The summed E-state index contributed by atoms with van der Waals surface area (Å²) in [7, 11) is 0. The minimum absolute atomic E-state index is 0.0898. The number of hydrogen-bond acceptors (Lipinski definition) is 6. The van der Waals surface area contributed by atoms with Gasteiger partial charge in [0.1, 0.15) is 5.82 Å². The van der Waals surface area contributed by atoms with Crippen LogP contribution in [0.25, 0.3) is 0 Å². The highest BCUT2D eigenvalue weighted by molar-refractivity contribution is 6.21. The third-order valence-electron chi connectivity index (χ3n) is 4.43. The molecule has 0 unspecified atom stereocenters. The summed E-state index contributed by atoms with van der Waals surface area (Å²) in [5, 5.41) is 0.409. The van der Waals surface area contributed by atoms with Gasteiger partial charge in [0, 0.05) is 18.8 Å². The predicted octanol–water partition coefficient (Wildman–Crippen LogP) is 2.03. The van der Waals surface area contributed by atoms with E-state index in [0.29, 0.717) is 37.1 Å². The van der Waals surface area contributed by atoms with E-state index in [1.54, 1.807) is 12.1 Å². The molecular weight excluding hydrogens is 355 g/mol. The molecular formula is C19H15FN2O5. The highest BCUT2D eigenvalue weighted by Crippen LogP contribution is 2.25. The minimum atomic E-state index is -0.987. The Hall–Kier alpha value is -3.26. The summed E-state index contributed by atoms with van der Waals surface area (Å²) in [6, 6.07) is 9.95. The quantitative estimate of drug-likeness (QED) is 0.770. The van der Waals surface area contributed by atoms with Crippen molar-refractivity contribution < 1.29 is 28.3 Å². The summed E-state index contributed by atoms with van der Waals surface area (Å²) >= 11 is 0. The van der Waals surface area contributed by atoms with Crippen LogP contribution >= 0.6 is 0 Å². The van der Waals surface area contributed by atoms with Gasteiger partial charge < -0.3 is 14.5 Å². The van der Waals surface area contributed by atoms with Crippen LogP contribution in [0.15, 0.2) is 42.5 Å². The van der Waals surface area contributed by atoms with Crippen molar-refractivity contribution in [3.8, 4) is 0 Å². The second-order valence-electron chi connectivity index (χ2n) is 6.13. The van der Waals surface area contributed by atoms with E-state index in [4.69, 9.17) is 9.57 Å². The number of morpholine rings is 1. The molecule has 1 fully saturated rings. The number of hydrogen-bond donors (Lipinski definition) is 0. The average molecular weight is 370 g/mol. The number of amides is 2. The molecule has 0 radical (unpaired) electrons. The molecule has 0 aliphatic carbocycles. The Morgan fingerprint density at radius 3 is 2.26 bits per heavy atom. The standard InChI is InChI=1S/C19H15FN2O5/c20-13-9-12(10-14(11-13)21-5-7-26-8-6-21)19(25)27-22-17(23)15-3-1-2-4-16(15)18(22)24/h1-4,9-11H,5-8H2. The van der Waals surface area contributed by atoms with E-state index in [0.717, 1.165) is 6.07 Å². The van der Waals surface area contributed by atoms with Crippen LogP contribution < -0.4 is 4.90 Å². The zero-order chi connectivity index (χ0) is 19.0. The number of carbonyl (C=O) groups is 3. The molecule has 2 amide bonds. The van der Waals surface area contributed by atoms with Crippen molar-refractivity contribution in [2.75, 3.05) is 31.2 Å². The Balaban J connectivity index is 1.56. The summed E-state index contributed by atoms with van der Waals surface area (Å²) in [6.45, 7) is 2.14. The first-order chi connectivity index (χ1) is 13.0. The topological polar surface area (TPSA) is 76.2 Å². The van der Waals surface area contributed by atoms with Gasteiger partial charge in [0.25, 0.3) is 11.8 Å². The third kappa shape index (κ3) is 3.15. The minimum Gasteiger partial charge on any atom is -0.378 e. The van der Waals surface area contributed by atoms with Crippen molar-refractivity contribution >= 4 is 23.5 Å². The number of hydroxylamine groups is 2. The monoisotopic (exact) mass is 370 g/mol. The second-order valence-corrected chi connectivity index (χ2v) is 6.13. The Kier molecular flexibility index (Phi) is 4.33. The maximum absolute atomic E-state index is 14.0. The van der Waals surface area contributed by atoms with Crippen LogP contribution in [0.1, 0.15) is 31.1 Å². The summed E-state index contributed by atoms with van der Waals surface area (Å²) in [5.41, 5.74) is 0.729. The lowest BCUT2D eigenvalue weighted by atomic mass is 10.1. The molecule has 138 valence electrons. The highest BCUT2D eigenvalue weighted by atomic mass is 19.1.